The number of amides is 1. The third-order valence-corrected chi connectivity index (χ3v) is 6.15. The Hall–Kier alpha value is -3.30. The van der Waals surface area contributed by atoms with Crippen LogP contribution in [-0.2, 0) is 17.9 Å². The van der Waals surface area contributed by atoms with E-state index in [2.05, 4.69) is 15.4 Å². The van der Waals surface area contributed by atoms with Crippen LogP contribution in [0.1, 0.15) is 12.5 Å². The predicted molar refractivity (Wildman–Crippen MR) is 130 cm³/mol. The van der Waals surface area contributed by atoms with Crippen LogP contribution in [-0.4, -0.2) is 38.1 Å². The van der Waals surface area contributed by atoms with Crippen molar-refractivity contribution < 1.29 is 9.53 Å². The molecule has 0 aliphatic carbocycles. The van der Waals surface area contributed by atoms with Gasteiger partial charge in [-0.1, -0.05) is 35.5 Å². The normalized spacial score (nSPS) is 11.0. The summed E-state index contributed by atoms with van der Waals surface area (Å²) in [7, 11) is 1.59. The first-order valence-corrected chi connectivity index (χ1v) is 11.6. The number of nitrogens with zero attached hydrogens (tertiary/aromatic N) is 4. The Morgan fingerprint density at radius 3 is 2.55 bits per heavy atom. The van der Waals surface area contributed by atoms with E-state index in [1.165, 1.54) is 11.8 Å². The summed E-state index contributed by atoms with van der Waals surface area (Å²) in [5.41, 5.74) is 2.11. The fourth-order valence-corrected chi connectivity index (χ4v) is 4.13. The molecule has 0 radical (unpaired) electrons. The molecule has 4 rings (SSSR count). The quantitative estimate of drug-likeness (QED) is 0.300. The molecule has 1 N–H and O–H groups in total. The molecule has 0 aliphatic rings. The molecule has 33 heavy (non-hydrogen) atoms. The van der Waals surface area contributed by atoms with Gasteiger partial charge in [0.2, 0.25) is 5.91 Å². The van der Waals surface area contributed by atoms with Gasteiger partial charge in [0.05, 0.1) is 25.6 Å². The van der Waals surface area contributed by atoms with Crippen LogP contribution in [0.3, 0.4) is 0 Å². The van der Waals surface area contributed by atoms with Gasteiger partial charge in [-0.05, 0) is 48.9 Å². The van der Waals surface area contributed by atoms with Crippen LogP contribution in [0.15, 0.2) is 64.7 Å². The van der Waals surface area contributed by atoms with E-state index >= 15 is 0 Å². The Morgan fingerprint density at radius 1 is 1.15 bits per heavy atom. The average Bonchev–Trinajstić information content (AvgIpc) is 3.25. The average molecular weight is 484 g/mol. The van der Waals surface area contributed by atoms with E-state index in [4.69, 9.17) is 16.3 Å². The Kier molecular flexibility index (Phi) is 7.00. The van der Waals surface area contributed by atoms with Gasteiger partial charge in [-0.3, -0.25) is 18.8 Å². The summed E-state index contributed by atoms with van der Waals surface area (Å²) < 4.78 is 8.36. The predicted octanol–water partition coefficient (Wildman–Crippen LogP) is 4.05. The number of rotatable bonds is 8. The van der Waals surface area contributed by atoms with Crippen LogP contribution >= 0.6 is 23.4 Å². The molecule has 1 amide bonds. The highest BCUT2D eigenvalue weighted by atomic mass is 35.5. The molecule has 8 nitrogen and oxygen atoms in total. The third-order valence-electron chi connectivity index (χ3n) is 4.92. The number of fused-ring (bicyclic) bond motifs is 1. The lowest BCUT2D eigenvalue weighted by molar-refractivity contribution is -0.113. The number of carbonyl (C=O) groups excluding carboxylic acids is 1. The fourth-order valence-electron chi connectivity index (χ4n) is 3.21. The van der Waals surface area contributed by atoms with Crippen molar-refractivity contribution in [1.82, 2.24) is 19.3 Å². The van der Waals surface area contributed by atoms with Gasteiger partial charge in [0.25, 0.3) is 5.56 Å². The number of thioether (sulfide) groups is 1. The second kappa shape index (κ2) is 10.1. The second-order valence-corrected chi connectivity index (χ2v) is 8.58. The number of nitrogens with one attached hydrogen (secondary N) is 1. The van der Waals surface area contributed by atoms with Crippen LogP contribution in [0.4, 0.5) is 5.69 Å². The van der Waals surface area contributed by atoms with Crippen molar-refractivity contribution in [2.24, 2.45) is 0 Å². The summed E-state index contributed by atoms with van der Waals surface area (Å²) in [6, 6.07) is 14.3. The number of aromatic nitrogens is 4. The molecular formula is C23H22ClN5O3S. The maximum atomic E-state index is 13.2. The van der Waals surface area contributed by atoms with Gasteiger partial charge >= 0.3 is 0 Å². The van der Waals surface area contributed by atoms with Gasteiger partial charge in [-0.2, -0.15) is 5.10 Å². The van der Waals surface area contributed by atoms with Crippen molar-refractivity contribution in [2.75, 3.05) is 18.2 Å². The van der Waals surface area contributed by atoms with Gasteiger partial charge in [0, 0.05) is 17.3 Å². The van der Waals surface area contributed by atoms with E-state index in [0.29, 0.717) is 45.7 Å². The maximum Gasteiger partial charge on any atom is 0.282 e. The molecule has 0 atom stereocenters. The molecule has 170 valence electrons. The molecule has 0 unspecified atom stereocenters. The Labute approximate surface area is 199 Å². The Morgan fingerprint density at radius 2 is 1.88 bits per heavy atom. The van der Waals surface area contributed by atoms with Gasteiger partial charge in [-0.25, -0.2) is 4.98 Å². The number of aryl methyl sites for hydroxylation is 1. The summed E-state index contributed by atoms with van der Waals surface area (Å²) in [5.74, 6) is 0.590. The Bertz CT molecular complexity index is 1330. The highest BCUT2D eigenvalue weighted by molar-refractivity contribution is 7.99. The second-order valence-electron chi connectivity index (χ2n) is 7.20. The van der Waals surface area contributed by atoms with Gasteiger partial charge in [0.15, 0.2) is 10.7 Å². The first-order chi connectivity index (χ1) is 16.0. The number of ether oxygens (including phenoxy) is 1. The maximum absolute atomic E-state index is 13.2. The minimum absolute atomic E-state index is 0.0898. The lowest BCUT2D eigenvalue weighted by Crippen LogP contribution is -2.25. The summed E-state index contributed by atoms with van der Waals surface area (Å²) in [5, 5.41) is 8.26. The van der Waals surface area contributed by atoms with E-state index < -0.39 is 0 Å². The summed E-state index contributed by atoms with van der Waals surface area (Å²) in [6.45, 7) is 2.86. The zero-order valence-corrected chi connectivity index (χ0v) is 19.7. The molecule has 0 saturated heterocycles. The van der Waals surface area contributed by atoms with E-state index in [0.717, 1.165) is 5.56 Å². The zero-order valence-electron chi connectivity index (χ0n) is 18.1. The molecule has 10 heteroatoms. The van der Waals surface area contributed by atoms with Gasteiger partial charge in [0.1, 0.15) is 11.3 Å². The summed E-state index contributed by atoms with van der Waals surface area (Å²) >= 11 is 7.20. The number of carbonyl (C=O) groups is 1. The first-order valence-electron chi connectivity index (χ1n) is 10.3. The van der Waals surface area contributed by atoms with E-state index in [1.54, 1.807) is 59.0 Å². The standard InChI is InChI=1S/C23H22ClN5O3S/c1-3-28-13-19-21(27-28)22(31)29(12-15-4-6-16(24)7-5-15)23(26-19)33-14-20(30)25-17-8-10-18(32-2)11-9-17/h4-11,13H,3,12,14H2,1-2H3,(H,25,30). The molecular weight excluding hydrogens is 462 g/mol. The SMILES string of the molecule is CCn1cc2nc(SCC(=O)Nc3ccc(OC)cc3)n(Cc3ccc(Cl)cc3)c(=O)c2n1. The van der Waals surface area contributed by atoms with Crippen molar-refractivity contribution in [3.05, 3.63) is 75.7 Å². The van der Waals surface area contributed by atoms with Crippen molar-refractivity contribution in [1.29, 1.82) is 0 Å². The molecule has 0 bridgehead atoms. The zero-order chi connectivity index (χ0) is 23.4. The number of hydrogen-bond acceptors (Lipinski definition) is 6. The molecule has 4 aromatic rings. The lowest BCUT2D eigenvalue weighted by atomic mass is 10.2. The van der Waals surface area contributed by atoms with E-state index in [1.807, 2.05) is 19.1 Å². The van der Waals surface area contributed by atoms with Gasteiger partial charge in [-0.15, -0.1) is 0 Å². The number of benzene rings is 2. The van der Waals surface area contributed by atoms with Crippen LogP contribution in [0.5, 0.6) is 5.75 Å². The van der Waals surface area contributed by atoms with Crippen molar-refractivity contribution in [3.63, 3.8) is 0 Å². The molecule has 0 fully saturated rings. The van der Waals surface area contributed by atoms with Crippen molar-refractivity contribution in [2.45, 2.75) is 25.2 Å². The van der Waals surface area contributed by atoms with E-state index in [9.17, 15) is 9.59 Å². The largest absolute Gasteiger partial charge is 0.497 e. The molecule has 2 aromatic heterocycles. The van der Waals surface area contributed by atoms with Crippen LogP contribution in [0.2, 0.25) is 5.02 Å². The van der Waals surface area contributed by atoms with Crippen LogP contribution < -0.4 is 15.6 Å². The van der Waals surface area contributed by atoms with Crippen molar-refractivity contribution >= 4 is 46.0 Å². The number of hydrogen-bond donors (Lipinski definition) is 1. The third kappa shape index (κ3) is 5.37. The molecule has 0 saturated carbocycles. The van der Waals surface area contributed by atoms with Crippen molar-refractivity contribution in [3.8, 4) is 5.75 Å². The lowest BCUT2D eigenvalue weighted by Gasteiger charge is -2.12. The highest BCUT2D eigenvalue weighted by Crippen LogP contribution is 2.21. The first kappa shape index (κ1) is 22.9. The minimum Gasteiger partial charge on any atom is -0.497 e. The minimum atomic E-state index is -0.250. The summed E-state index contributed by atoms with van der Waals surface area (Å²) in [4.78, 5) is 30.4. The van der Waals surface area contributed by atoms with Gasteiger partial charge < -0.3 is 10.1 Å². The van der Waals surface area contributed by atoms with Crippen LogP contribution in [0, 0.1) is 0 Å². The monoisotopic (exact) mass is 483 g/mol. The number of anilines is 1. The number of halogens is 1. The highest BCUT2D eigenvalue weighted by Gasteiger charge is 2.16. The topological polar surface area (TPSA) is 91.0 Å². The van der Waals surface area contributed by atoms with Crippen LogP contribution in [0.25, 0.3) is 11.0 Å². The fraction of sp³-hybridized carbons (Fsp3) is 0.217. The molecule has 0 aliphatic heterocycles. The number of methoxy groups -OCH3 is 1. The Balaban J connectivity index is 1.59. The smallest absolute Gasteiger partial charge is 0.282 e. The van der Waals surface area contributed by atoms with E-state index in [-0.39, 0.29) is 17.2 Å². The molecule has 0 spiro atoms. The molecule has 2 aromatic carbocycles. The summed E-state index contributed by atoms with van der Waals surface area (Å²) in [6.07, 6.45) is 1.74. The molecule has 2 heterocycles.